The number of hydrogen-bond acceptors (Lipinski definition) is 5. The molecule has 0 aromatic heterocycles. The molecule has 1 amide bonds. The van der Waals surface area contributed by atoms with Crippen LogP contribution in [0, 0.1) is 0 Å². The van der Waals surface area contributed by atoms with Gasteiger partial charge in [-0.1, -0.05) is 0 Å². The zero-order valence-electron chi connectivity index (χ0n) is 14.9. The molecule has 140 valence electrons. The van der Waals surface area contributed by atoms with E-state index in [1.807, 2.05) is 6.92 Å². The van der Waals surface area contributed by atoms with Gasteiger partial charge in [0.15, 0.2) is 0 Å². The summed E-state index contributed by atoms with van der Waals surface area (Å²) in [6, 6.07) is 10.7. The number of sulfonamides is 1. The maximum absolute atomic E-state index is 12.6. The van der Waals surface area contributed by atoms with Crippen LogP contribution in [0.4, 0.5) is 5.69 Å². The molecule has 0 spiro atoms. The third-order valence-corrected chi connectivity index (χ3v) is 4.86. The lowest BCUT2D eigenvalue weighted by molar-refractivity contribution is 0.0952. The second-order valence-electron chi connectivity index (χ2n) is 5.28. The number of rotatable bonds is 8. The molecule has 0 aliphatic carbocycles. The predicted octanol–water partition coefficient (Wildman–Crippen LogP) is 2.64. The molecule has 2 aromatic rings. The first-order valence-corrected chi connectivity index (χ1v) is 9.61. The van der Waals surface area contributed by atoms with Crippen LogP contribution in [-0.4, -0.2) is 34.6 Å². The summed E-state index contributed by atoms with van der Waals surface area (Å²) in [5.41, 5.74) is 0.549. The van der Waals surface area contributed by atoms with E-state index in [4.69, 9.17) is 9.47 Å². The van der Waals surface area contributed by atoms with E-state index in [-0.39, 0.29) is 10.5 Å². The SMILES string of the molecule is CCNC(=O)c1cc(S(=O)(=O)Nc2ccc(OCC)cc2)ccc1OC. The van der Waals surface area contributed by atoms with Gasteiger partial charge >= 0.3 is 0 Å². The van der Waals surface area contributed by atoms with Gasteiger partial charge in [0.05, 0.1) is 24.2 Å². The lowest BCUT2D eigenvalue weighted by Gasteiger charge is -2.12. The van der Waals surface area contributed by atoms with Crippen molar-refractivity contribution in [1.82, 2.24) is 5.32 Å². The van der Waals surface area contributed by atoms with Crippen LogP contribution in [0.3, 0.4) is 0 Å². The summed E-state index contributed by atoms with van der Waals surface area (Å²) in [6.07, 6.45) is 0. The highest BCUT2D eigenvalue weighted by molar-refractivity contribution is 7.92. The summed E-state index contributed by atoms with van der Waals surface area (Å²) in [7, 11) is -2.44. The van der Waals surface area contributed by atoms with Crippen LogP contribution in [0.15, 0.2) is 47.4 Å². The number of hydrogen-bond donors (Lipinski definition) is 2. The minimum Gasteiger partial charge on any atom is -0.496 e. The lowest BCUT2D eigenvalue weighted by Crippen LogP contribution is -2.24. The van der Waals surface area contributed by atoms with Crippen molar-refractivity contribution in [2.75, 3.05) is 25.0 Å². The highest BCUT2D eigenvalue weighted by Crippen LogP contribution is 2.25. The van der Waals surface area contributed by atoms with Gasteiger partial charge in [0.25, 0.3) is 15.9 Å². The average molecular weight is 378 g/mol. The third-order valence-electron chi connectivity index (χ3n) is 3.48. The van der Waals surface area contributed by atoms with E-state index in [2.05, 4.69) is 10.0 Å². The van der Waals surface area contributed by atoms with Gasteiger partial charge < -0.3 is 14.8 Å². The van der Waals surface area contributed by atoms with E-state index in [0.29, 0.717) is 30.3 Å². The molecule has 0 aliphatic rings. The fraction of sp³-hybridized carbons (Fsp3) is 0.278. The second kappa shape index (κ2) is 8.57. The Balaban J connectivity index is 2.30. The molecule has 2 rings (SSSR count). The van der Waals surface area contributed by atoms with Gasteiger partial charge in [-0.25, -0.2) is 8.42 Å². The number of anilines is 1. The van der Waals surface area contributed by atoms with E-state index >= 15 is 0 Å². The van der Waals surface area contributed by atoms with Gasteiger partial charge in [0.1, 0.15) is 11.5 Å². The molecule has 0 bridgehead atoms. The van der Waals surface area contributed by atoms with Crippen LogP contribution in [0.5, 0.6) is 11.5 Å². The molecule has 0 unspecified atom stereocenters. The van der Waals surface area contributed by atoms with E-state index < -0.39 is 15.9 Å². The first kappa shape index (κ1) is 19.6. The molecular weight excluding hydrogens is 356 g/mol. The fourth-order valence-electron chi connectivity index (χ4n) is 2.29. The number of benzene rings is 2. The van der Waals surface area contributed by atoms with Gasteiger partial charge in [-0.3, -0.25) is 9.52 Å². The Hall–Kier alpha value is -2.74. The summed E-state index contributed by atoms with van der Waals surface area (Å²) in [5, 5.41) is 2.64. The number of nitrogens with one attached hydrogen (secondary N) is 2. The molecule has 7 nitrogen and oxygen atoms in total. The summed E-state index contributed by atoms with van der Waals surface area (Å²) in [4.78, 5) is 12.1. The van der Waals surface area contributed by atoms with Crippen molar-refractivity contribution in [3.05, 3.63) is 48.0 Å². The molecule has 0 saturated heterocycles. The van der Waals surface area contributed by atoms with Gasteiger partial charge in [0, 0.05) is 12.2 Å². The molecule has 2 aromatic carbocycles. The van der Waals surface area contributed by atoms with Crippen molar-refractivity contribution >= 4 is 21.6 Å². The van der Waals surface area contributed by atoms with Crippen molar-refractivity contribution in [1.29, 1.82) is 0 Å². The molecule has 0 atom stereocenters. The van der Waals surface area contributed by atoms with E-state index in [1.54, 1.807) is 31.2 Å². The van der Waals surface area contributed by atoms with Gasteiger partial charge in [-0.05, 0) is 56.3 Å². The minimum atomic E-state index is -3.86. The van der Waals surface area contributed by atoms with Gasteiger partial charge in [-0.2, -0.15) is 0 Å². The minimum absolute atomic E-state index is 0.0339. The van der Waals surface area contributed by atoms with E-state index in [9.17, 15) is 13.2 Å². The zero-order valence-corrected chi connectivity index (χ0v) is 15.7. The molecular formula is C18H22N2O5S. The average Bonchev–Trinajstić information content (AvgIpc) is 2.63. The van der Waals surface area contributed by atoms with E-state index in [0.717, 1.165) is 0 Å². The van der Waals surface area contributed by atoms with Crippen LogP contribution in [0.2, 0.25) is 0 Å². The summed E-state index contributed by atoms with van der Waals surface area (Å²) in [6.45, 7) is 4.59. The number of ether oxygens (including phenoxy) is 2. The number of amides is 1. The van der Waals surface area contributed by atoms with Crippen molar-refractivity contribution in [3.8, 4) is 11.5 Å². The van der Waals surface area contributed by atoms with Crippen LogP contribution in [-0.2, 0) is 10.0 Å². The van der Waals surface area contributed by atoms with Crippen LogP contribution < -0.4 is 19.5 Å². The van der Waals surface area contributed by atoms with Crippen LogP contribution >= 0.6 is 0 Å². The van der Waals surface area contributed by atoms with Gasteiger partial charge in [-0.15, -0.1) is 0 Å². The molecule has 0 heterocycles. The molecule has 2 N–H and O–H groups in total. The standard InChI is InChI=1S/C18H22N2O5S/c1-4-19-18(21)16-12-15(10-11-17(16)24-3)26(22,23)20-13-6-8-14(9-7-13)25-5-2/h6-12,20H,4-5H2,1-3H3,(H,19,21). The number of carbonyl (C=O) groups excluding carboxylic acids is 1. The molecule has 26 heavy (non-hydrogen) atoms. The maximum atomic E-state index is 12.6. The highest BCUT2D eigenvalue weighted by Gasteiger charge is 2.19. The quantitative estimate of drug-likeness (QED) is 0.736. The molecule has 0 radical (unpaired) electrons. The molecule has 0 aliphatic heterocycles. The first-order valence-electron chi connectivity index (χ1n) is 8.13. The van der Waals surface area contributed by atoms with Crippen LogP contribution in [0.25, 0.3) is 0 Å². The maximum Gasteiger partial charge on any atom is 0.261 e. The smallest absolute Gasteiger partial charge is 0.261 e. The summed E-state index contributed by atoms with van der Waals surface area (Å²) < 4.78 is 38.2. The highest BCUT2D eigenvalue weighted by atomic mass is 32.2. The van der Waals surface area contributed by atoms with Crippen molar-refractivity contribution in [3.63, 3.8) is 0 Å². The second-order valence-corrected chi connectivity index (χ2v) is 6.97. The summed E-state index contributed by atoms with van der Waals surface area (Å²) >= 11 is 0. The third kappa shape index (κ3) is 4.66. The lowest BCUT2D eigenvalue weighted by atomic mass is 10.2. The Morgan fingerprint density at radius 1 is 1.08 bits per heavy atom. The zero-order chi connectivity index (χ0) is 19.2. The first-order chi connectivity index (χ1) is 12.4. The van der Waals surface area contributed by atoms with Crippen molar-refractivity contribution in [2.45, 2.75) is 18.7 Å². The Morgan fingerprint density at radius 3 is 2.35 bits per heavy atom. The van der Waals surface area contributed by atoms with Crippen molar-refractivity contribution < 1.29 is 22.7 Å². The van der Waals surface area contributed by atoms with Crippen molar-refractivity contribution in [2.24, 2.45) is 0 Å². The fourth-order valence-corrected chi connectivity index (χ4v) is 3.37. The Labute approximate surface area is 153 Å². The Bertz CT molecular complexity index is 864. The van der Waals surface area contributed by atoms with E-state index in [1.165, 1.54) is 25.3 Å². The molecule has 0 saturated carbocycles. The predicted molar refractivity (Wildman–Crippen MR) is 99.4 cm³/mol. The largest absolute Gasteiger partial charge is 0.496 e. The molecule has 0 fully saturated rings. The number of carbonyl (C=O) groups is 1. The van der Waals surface area contributed by atoms with Crippen LogP contribution in [0.1, 0.15) is 24.2 Å². The van der Waals surface area contributed by atoms with Gasteiger partial charge in [0.2, 0.25) is 0 Å². The normalized spacial score (nSPS) is 10.9. The number of methoxy groups -OCH3 is 1. The monoisotopic (exact) mass is 378 g/mol. The molecule has 8 heteroatoms. The Morgan fingerprint density at radius 2 is 1.77 bits per heavy atom. The topological polar surface area (TPSA) is 93.7 Å². The Kier molecular flexibility index (Phi) is 6.46. The summed E-state index contributed by atoms with van der Waals surface area (Å²) in [5.74, 6) is 0.553.